The third kappa shape index (κ3) is 3.89. The highest BCUT2D eigenvalue weighted by Crippen LogP contribution is 2.37. The lowest BCUT2D eigenvalue weighted by Crippen LogP contribution is -2.43. The first-order valence-electron chi connectivity index (χ1n) is 6.34. The van der Waals surface area contributed by atoms with Crippen molar-refractivity contribution in [3.63, 3.8) is 0 Å². The van der Waals surface area contributed by atoms with E-state index in [2.05, 4.69) is 4.72 Å². The lowest BCUT2D eigenvalue weighted by atomic mass is 9.96. The molecule has 1 aliphatic carbocycles. The van der Waals surface area contributed by atoms with E-state index in [-0.39, 0.29) is 25.5 Å². The zero-order valence-electron chi connectivity index (χ0n) is 11.2. The van der Waals surface area contributed by atoms with E-state index in [0.29, 0.717) is 11.3 Å². The number of nitrogens with one attached hydrogen (secondary N) is 1. The number of halogens is 1. The molecule has 0 radical (unpaired) electrons. The maximum Gasteiger partial charge on any atom is 0.300 e. The summed E-state index contributed by atoms with van der Waals surface area (Å²) in [6.45, 7) is 0. The van der Waals surface area contributed by atoms with E-state index in [0.717, 1.165) is 31.7 Å². The molecular weight excluding hydrogens is 356 g/mol. The summed E-state index contributed by atoms with van der Waals surface area (Å²) >= 11 is 8.08. The van der Waals surface area contributed by atoms with Gasteiger partial charge in [-0.05, 0) is 19.1 Å². The van der Waals surface area contributed by atoms with Gasteiger partial charge in [-0.25, -0.2) is 13.1 Å². The number of rotatable bonds is 5. The first-order valence-corrected chi connectivity index (χ1v) is 10.3. The lowest BCUT2D eigenvalue weighted by Gasteiger charge is -2.30. The molecule has 0 aromatic carbocycles. The molecule has 10 heteroatoms. The number of thiophene rings is 1. The molecule has 21 heavy (non-hydrogen) atoms. The van der Waals surface area contributed by atoms with Crippen molar-refractivity contribution in [3.05, 3.63) is 20.5 Å². The highest BCUT2D eigenvalue weighted by atomic mass is 35.5. The summed E-state index contributed by atoms with van der Waals surface area (Å²) in [4.78, 5) is 10.1. The summed E-state index contributed by atoms with van der Waals surface area (Å²) in [5, 5.41) is 11.0. The fraction of sp³-hybridized carbons (Fsp3) is 0.636. The molecule has 0 aliphatic heterocycles. The molecular formula is C11H15ClN2O4S3. The van der Waals surface area contributed by atoms with Crippen molar-refractivity contribution in [3.8, 4) is 0 Å². The van der Waals surface area contributed by atoms with Crippen molar-refractivity contribution < 1.29 is 13.3 Å². The standard InChI is InChI=1S/C11H15ClN2O4S3/c1-19-9-5-3-2-4-7(9)13-21(17,18)10-6-8(14(15)16)11(12)20-10/h6-7,9,13H,2-5H2,1H3. The molecule has 118 valence electrons. The monoisotopic (exact) mass is 370 g/mol. The Kier molecular flexibility index (Phi) is 5.53. The molecule has 1 saturated carbocycles. The van der Waals surface area contributed by atoms with Gasteiger partial charge in [0.2, 0.25) is 0 Å². The van der Waals surface area contributed by atoms with E-state index >= 15 is 0 Å². The third-order valence-corrected chi connectivity index (χ3v) is 7.89. The van der Waals surface area contributed by atoms with Crippen molar-refractivity contribution in [2.45, 2.75) is 41.2 Å². The van der Waals surface area contributed by atoms with Gasteiger partial charge >= 0.3 is 0 Å². The zero-order chi connectivity index (χ0) is 15.6. The van der Waals surface area contributed by atoms with E-state index in [1.807, 2.05) is 6.26 Å². The maximum absolute atomic E-state index is 12.4. The molecule has 1 heterocycles. The van der Waals surface area contributed by atoms with Crippen molar-refractivity contribution in [1.82, 2.24) is 4.72 Å². The second-order valence-electron chi connectivity index (χ2n) is 4.77. The molecule has 0 amide bonds. The SMILES string of the molecule is CSC1CCCCC1NS(=O)(=O)c1cc([N+](=O)[O-])c(Cl)s1. The van der Waals surface area contributed by atoms with Crippen LogP contribution in [0.4, 0.5) is 5.69 Å². The van der Waals surface area contributed by atoms with Crippen molar-refractivity contribution in [1.29, 1.82) is 0 Å². The Bertz CT molecular complexity index is 631. The van der Waals surface area contributed by atoms with Crippen LogP contribution in [-0.4, -0.2) is 30.9 Å². The minimum Gasteiger partial charge on any atom is -0.258 e. The maximum atomic E-state index is 12.4. The van der Waals surface area contributed by atoms with Gasteiger partial charge in [-0.15, -0.1) is 11.3 Å². The molecule has 1 aliphatic rings. The van der Waals surface area contributed by atoms with Gasteiger partial charge in [-0.3, -0.25) is 10.1 Å². The fourth-order valence-electron chi connectivity index (χ4n) is 2.37. The van der Waals surface area contributed by atoms with Crippen LogP contribution in [0.25, 0.3) is 0 Å². The Hall–Kier alpha value is -0.350. The summed E-state index contributed by atoms with van der Waals surface area (Å²) in [5.74, 6) is 0. The smallest absolute Gasteiger partial charge is 0.258 e. The number of hydrogen-bond acceptors (Lipinski definition) is 6. The average molecular weight is 371 g/mol. The summed E-state index contributed by atoms with van der Waals surface area (Å²) < 4.78 is 27.2. The van der Waals surface area contributed by atoms with E-state index in [9.17, 15) is 18.5 Å². The first kappa shape index (κ1) is 17.0. The molecule has 1 N–H and O–H groups in total. The van der Waals surface area contributed by atoms with Crippen LogP contribution in [-0.2, 0) is 10.0 Å². The van der Waals surface area contributed by atoms with Crippen LogP contribution >= 0.6 is 34.7 Å². The number of thioether (sulfide) groups is 1. The highest BCUT2D eigenvalue weighted by Gasteiger charge is 2.31. The number of hydrogen-bond donors (Lipinski definition) is 1. The van der Waals surface area contributed by atoms with Crippen LogP contribution in [0.15, 0.2) is 10.3 Å². The fourth-order valence-corrected chi connectivity index (χ4v) is 6.38. The van der Waals surface area contributed by atoms with Crippen molar-refractivity contribution in [2.75, 3.05) is 6.26 Å². The molecule has 2 rings (SSSR count). The van der Waals surface area contributed by atoms with Gasteiger partial charge in [-0.1, -0.05) is 24.4 Å². The Morgan fingerprint density at radius 1 is 1.48 bits per heavy atom. The molecule has 0 saturated heterocycles. The molecule has 6 nitrogen and oxygen atoms in total. The Balaban J connectivity index is 2.21. The second kappa shape index (κ2) is 6.82. The Morgan fingerprint density at radius 3 is 2.71 bits per heavy atom. The Morgan fingerprint density at radius 2 is 2.14 bits per heavy atom. The van der Waals surface area contributed by atoms with Crippen LogP contribution in [0.2, 0.25) is 4.34 Å². The largest absolute Gasteiger partial charge is 0.300 e. The van der Waals surface area contributed by atoms with E-state index in [1.54, 1.807) is 11.8 Å². The summed E-state index contributed by atoms with van der Waals surface area (Å²) in [7, 11) is -3.77. The molecule has 0 bridgehead atoms. The van der Waals surface area contributed by atoms with Gasteiger partial charge in [0.25, 0.3) is 15.7 Å². The predicted molar refractivity (Wildman–Crippen MR) is 85.9 cm³/mol. The van der Waals surface area contributed by atoms with Crippen LogP contribution < -0.4 is 4.72 Å². The number of nitrogens with zero attached hydrogens (tertiary/aromatic N) is 1. The minimum absolute atomic E-state index is 0.107. The minimum atomic E-state index is -3.77. The number of sulfonamides is 1. The molecule has 2 atom stereocenters. The van der Waals surface area contributed by atoms with Gasteiger partial charge in [0.1, 0.15) is 4.21 Å². The average Bonchev–Trinajstić information content (AvgIpc) is 2.82. The topological polar surface area (TPSA) is 89.3 Å². The van der Waals surface area contributed by atoms with Crippen LogP contribution in [0.5, 0.6) is 0 Å². The van der Waals surface area contributed by atoms with Crippen LogP contribution in [0, 0.1) is 10.1 Å². The molecule has 0 spiro atoms. The lowest BCUT2D eigenvalue weighted by molar-refractivity contribution is -0.384. The molecule has 2 unspecified atom stereocenters. The van der Waals surface area contributed by atoms with Crippen molar-refractivity contribution >= 4 is 50.4 Å². The van der Waals surface area contributed by atoms with Gasteiger partial charge in [0.15, 0.2) is 4.34 Å². The van der Waals surface area contributed by atoms with Gasteiger partial charge < -0.3 is 0 Å². The molecule has 1 aromatic heterocycles. The van der Waals surface area contributed by atoms with Gasteiger partial charge in [0.05, 0.1) is 4.92 Å². The van der Waals surface area contributed by atoms with Gasteiger partial charge in [0, 0.05) is 17.4 Å². The second-order valence-corrected chi connectivity index (χ2v) is 9.44. The first-order chi connectivity index (χ1) is 9.85. The van der Waals surface area contributed by atoms with E-state index in [4.69, 9.17) is 11.6 Å². The van der Waals surface area contributed by atoms with Crippen molar-refractivity contribution in [2.24, 2.45) is 0 Å². The quantitative estimate of drug-likeness (QED) is 0.634. The highest BCUT2D eigenvalue weighted by molar-refractivity contribution is 7.99. The third-order valence-electron chi connectivity index (χ3n) is 3.42. The van der Waals surface area contributed by atoms with Crippen LogP contribution in [0.1, 0.15) is 25.7 Å². The number of nitro groups is 1. The summed E-state index contributed by atoms with van der Waals surface area (Å²) in [5.41, 5.74) is -0.368. The molecule has 1 fully saturated rings. The molecule has 1 aromatic rings. The predicted octanol–water partition coefficient (Wildman–Crippen LogP) is 3.26. The summed E-state index contributed by atoms with van der Waals surface area (Å²) in [6, 6.07) is 0.880. The van der Waals surface area contributed by atoms with E-state index < -0.39 is 14.9 Å². The van der Waals surface area contributed by atoms with Gasteiger partial charge in [-0.2, -0.15) is 11.8 Å². The Labute approximate surface area is 136 Å². The summed E-state index contributed by atoms with van der Waals surface area (Å²) in [6.07, 6.45) is 5.80. The zero-order valence-corrected chi connectivity index (χ0v) is 14.4. The van der Waals surface area contributed by atoms with E-state index in [1.165, 1.54) is 0 Å². The van der Waals surface area contributed by atoms with Crippen LogP contribution in [0.3, 0.4) is 0 Å². The normalized spacial score (nSPS) is 23.1.